The van der Waals surface area contributed by atoms with E-state index in [1.807, 2.05) is 0 Å². The van der Waals surface area contributed by atoms with Gasteiger partial charge >= 0.3 is 0 Å². The molecule has 4 unspecified atom stereocenters. The average Bonchev–Trinajstić information content (AvgIpc) is 2.58. The first-order chi connectivity index (χ1) is 5.20. The summed E-state index contributed by atoms with van der Waals surface area (Å²) in [6.07, 6.45) is 3.33. The Bertz CT molecular complexity index is 161. The zero-order valence-electron chi connectivity index (χ0n) is 6.90. The van der Waals surface area contributed by atoms with Gasteiger partial charge in [0.05, 0.1) is 18.5 Å². The molecule has 0 aromatic carbocycles. The van der Waals surface area contributed by atoms with Crippen LogP contribution in [0.4, 0.5) is 0 Å². The first-order valence-corrected chi connectivity index (χ1v) is 4.19. The highest BCUT2D eigenvalue weighted by atomic mass is 15.5. The topological polar surface area (TPSA) is 58.3 Å². The summed E-state index contributed by atoms with van der Waals surface area (Å²) in [6.45, 7) is 1.04. The summed E-state index contributed by atoms with van der Waals surface area (Å²) in [6, 6.07) is 0. The molecular weight excluding hydrogens is 140 g/mol. The van der Waals surface area contributed by atoms with Gasteiger partial charge in [-0.1, -0.05) is 0 Å². The SMILES string of the molecule is CN1C(N)CCC1N1CC1N. The smallest absolute Gasteiger partial charge is 0.0718 e. The Morgan fingerprint density at radius 2 is 1.82 bits per heavy atom. The second-order valence-corrected chi connectivity index (χ2v) is 3.55. The van der Waals surface area contributed by atoms with Gasteiger partial charge in [-0.05, 0) is 19.9 Å². The van der Waals surface area contributed by atoms with Gasteiger partial charge in [0.15, 0.2) is 0 Å². The zero-order chi connectivity index (χ0) is 8.01. The number of likely N-dealkylation sites (tertiary alicyclic amines) is 1. The maximum Gasteiger partial charge on any atom is 0.0718 e. The maximum atomic E-state index is 5.84. The largest absolute Gasteiger partial charge is 0.316 e. The summed E-state index contributed by atoms with van der Waals surface area (Å²) >= 11 is 0. The van der Waals surface area contributed by atoms with Crippen LogP contribution >= 0.6 is 0 Å². The van der Waals surface area contributed by atoms with E-state index in [1.54, 1.807) is 0 Å². The second-order valence-electron chi connectivity index (χ2n) is 3.55. The minimum atomic E-state index is 0.243. The molecule has 64 valence electrons. The molecule has 0 amide bonds. The summed E-state index contributed by atoms with van der Waals surface area (Å²) in [5.74, 6) is 0. The van der Waals surface area contributed by atoms with Gasteiger partial charge in [0, 0.05) is 6.54 Å². The molecule has 2 rings (SSSR count). The molecule has 0 spiro atoms. The number of nitrogens with zero attached hydrogens (tertiary/aromatic N) is 2. The monoisotopic (exact) mass is 156 g/mol. The van der Waals surface area contributed by atoms with Crippen LogP contribution in [-0.2, 0) is 0 Å². The molecule has 4 N–H and O–H groups in total. The maximum absolute atomic E-state index is 5.84. The minimum Gasteiger partial charge on any atom is -0.316 e. The Morgan fingerprint density at radius 3 is 2.18 bits per heavy atom. The molecule has 0 saturated carbocycles. The van der Waals surface area contributed by atoms with Crippen LogP contribution in [0, 0.1) is 0 Å². The second kappa shape index (κ2) is 2.42. The van der Waals surface area contributed by atoms with Crippen LogP contribution in [-0.4, -0.2) is 41.9 Å². The Kier molecular flexibility index (Phi) is 1.64. The normalized spacial score (nSPS) is 51.5. The van der Waals surface area contributed by atoms with E-state index in [1.165, 1.54) is 6.42 Å². The van der Waals surface area contributed by atoms with Crippen molar-refractivity contribution < 1.29 is 0 Å². The fraction of sp³-hybridized carbons (Fsp3) is 1.00. The lowest BCUT2D eigenvalue weighted by molar-refractivity contribution is 0.154. The average molecular weight is 156 g/mol. The zero-order valence-corrected chi connectivity index (χ0v) is 6.90. The van der Waals surface area contributed by atoms with Crippen molar-refractivity contribution in [2.75, 3.05) is 13.6 Å². The molecule has 0 radical (unpaired) electrons. The molecule has 0 aromatic heterocycles. The summed E-state index contributed by atoms with van der Waals surface area (Å²) < 4.78 is 0. The first kappa shape index (κ1) is 7.49. The van der Waals surface area contributed by atoms with Crippen molar-refractivity contribution >= 4 is 0 Å². The van der Waals surface area contributed by atoms with E-state index < -0.39 is 0 Å². The van der Waals surface area contributed by atoms with Crippen molar-refractivity contribution in [3.8, 4) is 0 Å². The molecule has 0 aliphatic carbocycles. The third kappa shape index (κ3) is 1.16. The van der Waals surface area contributed by atoms with Gasteiger partial charge in [-0.15, -0.1) is 0 Å². The Morgan fingerprint density at radius 1 is 1.18 bits per heavy atom. The van der Waals surface area contributed by atoms with E-state index in [2.05, 4.69) is 16.8 Å². The lowest BCUT2D eigenvalue weighted by atomic mass is 10.3. The predicted octanol–water partition coefficient (Wildman–Crippen LogP) is -1.08. The fourth-order valence-electron chi connectivity index (χ4n) is 1.86. The number of hydrogen-bond acceptors (Lipinski definition) is 4. The highest BCUT2D eigenvalue weighted by Gasteiger charge is 2.42. The van der Waals surface area contributed by atoms with Crippen molar-refractivity contribution in [3.05, 3.63) is 0 Å². The third-order valence-electron chi connectivity index (χ3n) is 2.79. The van der Waals surface area contributed by atoms with Gasteiger partial charge in [0.1, 0.15) is 0 Å². The van der Waals surface area contributed by atoms with E-state index in [-0.39, 0.29) is 6.17 Å². The highest BCUT2D eigenvalue weighted by Crippen LogP contribution is 2.28. The molecule has 2 fully saturated rings. The van der Waals surface area contributed by atoms with Crippen molar-refractivity contribution in [2.45, 2.75) is 31.3 Å². The molecule has 4 nitrogen and oxygen atoms in total. The van der Waals surface area contributed by atoms with Gasteiger partial charge in [0.2, 0.25) is 0 Å². The van der Waals surface area contributed by atoms with Crippen LogP contribution in [0.1, 0.15) is 12.8 Å². The van der Waals surface area contributed by atoms with Crippen LogP contribution < -0.4 is 11.5 Å². The van der Waals surface area contributed by atoms with Crippen molar-refractivity contribution in [1.82, 2.24) is 9.80 Å². The molecule has 4 atom stereocenters. The number of hydrogen-bond donors (Lipinski definition) is 2. The molecule has 2 heterocycles. The van der Waals surface area contributed by atoms with Crippen LogP contribution in [0.2, 0.25) is 0 Å². The van der Waals surface area contributed by atoms with Crippen LogP contribution in [0.25, 0.3) is 0 Å². The molecule has 0 aromatic rings. The molecule has 2 aliphatic heterocycles. The van der Waals surface area contributed by atoms with E-state index in [0.29, 0.717) is 12.3 Å². The summed E-state index contributed by atoms with van der Waals surface area (Å²) in [5.41, 5.74) is 11.6. The van der Waals surface area contributed by atoms with E-state index in [9.17, 15) is 0 Å². The van der Waals surface area contributed by atoms with Gasteiger partial charge in [-0.3, -0.25) is 9.80 Å². The minimum absolute atomic E-state index is 0.243. The summed E-state index contributed by atoms with van der Waals surface area (Å²) in [4.78, 5) is 4.50. The Balaban J connectivity index is 1.95. The molecule has 0 bridgehead atoms. The molecule has 2 aliphatic rings. The number of rotatable bonds is 1. The molecular formula is C7H16N4. The first-order valence-electron chi connectivity index (χ1n) is 4.19. The fourth-order valence-corrected chi connectivity index (χ4v) is 1.86. The van der Waals surface area contributed by atoms with E-state index >= 15 is 0 Å². The quantitative estimate of drug-likeness (QED) is 0.474. The van der Waals surface area contributed by atoms with Crippen LogP contribution in [0.5, 0.6) is 0 Å². The lowest BCUT2D eigenvalue weighted by Gasteiger charge is -2.24. The highest BCUT2D eigenvalue weighted by molar-refractivity contribution is 4.93. The van der Waals surface area contributed by atoms with Gasteiger partial charge in [-0.2, -0.15) is 0 Å². The molecule has 11 heavy (non-hydrogen) atoms. The van der Waals surface area contributed by atoms with Crippen molar-refractivity contribution in [2.24, 2.45) is 11.5 Å². The van der Waals surface area contributed by atoms with Crippen LogP contribution in [0.3, 0.4) is 0 Å². The summed E-state index contributed by atoms with van der Waals surface area (Å²) in [7, 11) is 2.08. The van der Waals surface area contributed by atoms with Crippen molar-refractivity contribution in [3.63, 3.8) is 0 Å². The summed E-state index contributed by atoms with van der Waals surface area (Å²) in [5, 5.41) is 0. The molecule has 2 saturated heterocycles. The van der Waals surface area contributed by atoms with E-state index in [4.69, 9.17) is 11.5 Å². The van der Waals surface area contributed by atoms with Gasteiger partial charge < -0.3 is 11.5 Å². The van der Waals surface area contributed by atoms with Gasteiger partial charge in [0.25, 0.3) is 0 Å². The standard InChI is InChI=1S/C7H16N4/c1-10-5(8)2-3-7(10)11-4-6(11)9/h5-7H,2-4,8-9H2,1H3. The van der Waals surface area contributed by atoms with Crippen molar-refractivity contribution in [1.29, 1.82) is 0 Å². The van der Waals surface area contributed by atoms with Crippen LogP contribution in [0.15, 0.2) is 0 Å². The van der Waals surface area contributed by atoms with Gasteiger partial charge in [-0.25, -0.2) is 0 Å². The third-order valence-corrected chi connectivity index (χ3v) is 2.79. The molecule has 4 heteroatoms. The lowest BCUT2D eigenvalue weighted by Crippen LogP contribution is -2.42. The predicted molar refractivity (Wildman–Crippen MR) is 43.4 cm³/mol. The Labute approximate surface area is 67.1 Å². The number of nitrogens with two attached hydrogens (primary N) is 2. The van der Waals surface area contributed by atoms with E-state index in [0.717, 1.165) is 13.0 Å². The Hall–Kier alpha value is -0.160.